The van der Waals surface area contributed by atoms with E-state index < -0.39 is 0 Å². The minimum Gasteiger partial charge on any atom is -0.469 e. The van der Waals surface area contributed by atoms with E-state index in [2.05, 4.69) is 27.9 Å². The third-order valence-electron chi connectivity index (χ3n) is 3.69. The average Bonchev–Trinajstić information content (AvgIpc) is 3.04. The van der Waals surface area contributed by atoms with Crippen LogP contribution in [-0.2, 0) is 13.1 Å². The van der Waals surface area contributed by atoms with Gasteiger partial charge in [-0.05, 0) is 32.2 Å². The minimum absolute atomic E-state index is 0.773. The molecular formula is C16H20N4O. The number of nitrogens with zero attached hydrogens (tertiary/aromatic N) is 3. The standard InChI is InChI=1S/C16H20N4O/c1-12-13(7-9-21-12)11-19(3)16-14(10-17-2)20-8-5-4-6-15(20)18-16/h4-9,17H,10-11H2,1-3H3. The number of imidazole rings is 1. The van der Waals surface area contributed by atoms with E-state index in [1.54, 1.807) is 6.26 Å². The topological polar surface area (TPSA) is 45.7 Å². The maximum atomic E-state index is 5.37. The highest BCUT2D eigenvalue weighted by Gasteiger charge is 2.16. The molecule has 0 bridgehead atoms. The van der Waals surface area contributed by atoms with Crippen LogP contribution in [0.2, 0.25) is 0 Å². The van der Waals surface area contributed by atoms with E-state index >= 15 is 0 Å². The Kier molecular flexibility index (Phi) is 3.66. The Balaban J connectivity index is 1.98. The van der Waals surface area contributed by atoms with Crippen molar-refractivity contribution in [2.75, 3.05) is 19.0 Å². The molecule has 0 aliphatic rings. The molecule has 3 heterocycles. The van der Waals surface area contributed by atoms with Crippen LogP contribution in [0.5, 0.6) is 0 Å². The number of nitrogens with one attached hydrogen (secondary N) is 1. The predicted octanol–water partition coefficient (Wildman–Crippen LogP) is 2.59. The van der Waals surface area contributed by atoms with Crippen LogP contribution in [0, 0.1) is 6.92 Å². The Morgan fingerprint density at radius 2 is 2.19 bits per heavy atom. The van der Waals surface area contributed by atoms with Crippen LogP contribution in [-0.4, -0.2) is 23.5 Å². The van der Waals surface area contributed by atoms with Crippen LogP contribution in [0.1, 0.15) is 17.0 Å². The zero-order valence-electron chi connectivity index (χ0n) is 12.6. The zero-order valence-corrected chi connectivity index (χ0v) is 12.6. The summed E-state index contributed by atoms with van der Waals surface area (Å²) in [5.74, 6) is 1.96. The van der Waals surface area contributed by atoms with E-state index in [1.165, 1.54) is 5.56 Å². The first-order valence-electron chi connectivity index (χ1n) is 7.05. The number of pyridine rings is 1. The Morgan fingerprint density at radius 3 is 2.90 bits per heavy atom. The molecule has 0 aliphatic heterocycles. The zero-order chi connectivity index (χ0) is 14.8. The summed E-state index contributed by atoms with van der Waals surface area (Å²) in [4.78, 5) is 6.92. The lowest BCUT2D eigenvalue weighted by molar-refractivity contribution is 0.529. The molecule has 1 N–H and O–H groups in total. The molecule has 3 aromatic heterocycles. The van der Waals surface area contributed by atoms with E-state index in [1.807, 2.05) is 38.2 Å². The summed E-state index contributed by atoms with van der Waals surface area (Å²) in [5.41, 5.74) is 3.32. The molecule has 5 heteroatoms. The quantitative estimate of drug-likeness (QED) is 0.782. The van der Waals surface area contributed by atoms with Gasteiger partial charge >= 0.3 is 0 Å². The number of fused-ring (bicyclic) bond motifs is 1. The summed E-state index contributed by atoms with van der Waals surface area (Å²) < 4.78 is 7.50. The first-order chi connectivity index (χ1) is 10.2. The normalized spacial score (nSPS) is 11.2. The van der Waals surface area contributed by atoms with Gasteiger partial charge in [0.1, 0.15) is 11.4 Å². The molecule has 0 radical (unpaired) electrons. The van der Waals surface area contributed by atoms with Gasteiger partial charge in [0.05, 0.1) is 12.0 Å². The van der Waals surface area contributed by atoms with Crippen molar-refractivity contribution in [3.05, 3.63) is 53.7 Å². The van der Waals surface area contributed by atoms with E-state index in [4.69, 9.17) is 9.40 Å². The molecule has 3 aromatic rings. The van der Waals surface area contributed by atoms with E-state index in [-0.39, 0.29) is 0 Å². The summed E-state index contributed by atoms with van der Waals surface area (Å²) in [6.07, 6.45) is 3.78. The molecule has 0 aromatic carbocycles. The molecule has 3 rings (SSSR count). The molecule has 110 valence electrons. The Bertz CT molecular complexity index is 744. The summed E-state index contributed by atoms with van der Waals surface area (Å²) in [6, 6.07) is 8.08. The molecule has 0 atom stereocenters. The third kappa shape index (κ3) is 2.52. The second-order valence-electron chi connectivity index (χ2n) is 5.20. The number of anilines is 1. The van der Waals surface area contributed by atoms with Gasteiger partial charge in [-0.1, -0.05) is 6.07 Å². The van der Waals surface area contributed by atoms with Crippen molar-refractivity contribution in [1.82, 2.24) is 14.7 Å². The number of rotatable bonds is 5. The van der Waals surface area contributed by atoms with Crippen LogP contribution in [0.4, 0.5) is 5.82 Å². The molecule has 0 saturated carbocycles. The van der Waals surface area contributed by atoms with Crippen molar-refractivity contribution < 1.29 is 4.42 Å². The van der Waals surface area contributed by atoms with Crippen molar-refractivity contribution >= 4 is 11.5 Å². The molecule has 0 fully saturated rings. The number of hydrogen-bond donors (Lipinski definition) is 1. The predicted molar refractivity (Wildman–Crippen MR) is 83.5 cm³/mol. The van der Waals surface area contributed by atoms with Crippen LogP contribution < -0.4 is 10.2 Å². The molecule has 0 aliphatic carbocycles. The first kappa shape index (κ1) is 13.7. The van der Waals surface area contributed by atoms with Crippen molar-refractivity contribution in [3.63, 3.8) is 0 Å². The van der Waals surface area contributed by atoms with Crippen LogP contribution in [0.15, 0.2) is 41.1 Å². The largest absolute Gasteiger partial charge is 0.469 e. The van der Waals surface area contributed by atoms with Gasteiger partial charge in [-0.15, -0.1) is 0 Å². The fraction of sp³-hybridized carbons (Fsp3) is 0.312. The molecule has 0 saturated heterocycles. The highest BCUT2D eigenvalue weighted by Crippen LogP contribution is 2.23. The summed E-state index contributed by atoms with van der Waals surface area (Å²) in [7, 11) is 4.01. The molecule has 0 amide bonds. The second kappa shape index (κ2) is 5.61. The number of aryl methyl sites for hydroxylation is 1. The van der Waals surface area contributed by atoms with E-state index in [0.717, 1.165) is 36.0 Å². The Labute approximate surface area is 124 Å². The van der Waals surface area contributed by atoms with Crippen LogP contribution in [0.3, 0.4) is 0 Å². The molecule has 0 spiro atoms. The summed E-state index contributed by atoms with van der Waals surface area (Å²) in [5, 5.41) is 3.22. The third-order valence-corrected chi connectivity index (χ3v) is 3.69. The van der Waals surface area contributed by atoms with Crippen molar-refractivity contribution in [1.29, 1.82) is 0 Å². The lowest BCUT2D eigenvalue weighted by Crippen LogP contribution is -2.20. The van der Waals surface area contributed by atoms with Gasteiger partial charge < -0.3 is 19.0 Å². The fourth-order valence-corrected chi connectivity index (χ4v) is 2.58. The molecule has 5 nitrogen and oxygen atoms in total. The van der Waals surface area contributed by atoms with E-state index in [9.17, 15) is 0 Å². The SMILES string of the molecule is CNCc1c(N(C)Cc2ccoc2C)nc2ccccn12. The molecule has 21 heavy (non-hydrogen) atoms. The Morgan fingerprint density at radius 1 is 1.33 bits per heavy atom. The molecular weight excluding hydrogens is 264 g/mol. The van der Waals surface area contributed by atoms with Crippen LogP contribution in [0.25, 0.3) is 5.65 Å². The lowest BCUT2D eigenvalue weighted by atomic mass is 10.2. The summed E-state index contributed by atoms with van der Waals surface area (Å²) >= 11 is 0. The monoisotopic (exact) mass is 284 g/mol. The maximum absolute atomic E-state index is 5.37. The van der Waals surface area contributed by atoms with Gasteiger partial charge in [-0.3, -0.25) is 0 Å². The van der Waals surface area contributed by atoms with Gasteiger partial charge in [0.15, 0.2) is 5.82 Å². The number of hydrogen-bond acceptors (Lipinski definition) is 4. The molecule has 0 unspecified atom stereocenters. The average molecular weight is 284 g/mol. The van der Waals surface area contributed by atoms with Crippen molar-refractivity contribution in [3.8, 4) is 0 Å². The first-order valence-corrected chi connectivity index (χ1v) is 7.05. The number of aromatic nitrogens is 2. The fourth-order valence-electron chi connectivity index (χ4n) is 2.58. The van der Waals surface area contributed by atoms with Crippen molar-refractivity contribution in [2.45, 2.75) is 20.0 Å². The summed E-state index contributed by atoms with van der Waals surface area (Å²) in [6.45, 7) is 3.54. The lowest BCUT2D eigenvalue weighted by Gasteiger charge is -2.18. The Hall–Kier alpha value is -2.27. The van der Waals surface area contributed by atoms with Crippen molar-refractivity contribution in [2.24, 2.45) is 0 Å². The van der Waals surface area contributed by atoms with Crippen LogP contribution >= 0.6 is 0 Å². The smallest absolute Gasteiger partial charge is 0.152 e. The van der Waals surface area contributed by atoms with Gasteiger partial charge in [-0.25, -0.2) is 4.98 Å². The van der Waals surface area contributed by atoms with Gasteiger partial charge in [0.25, 0.3) is 0 Å². The number of furan rings is 1. The second-order valence-corrected chi connectivity index (χ2v) is 5.20. The minimum atomic E-state index is 0.773. The highest BCUT2D eigenvalue weighted by molar-refractivity contribution is 5.55. The van der Waals surface area contributed by atoms with Gasteiger partial charge in [-0.2, -0.15) is 0 Å². The maximum Gasteiger partial charge on any atom is 0.152 e. The van der Waals surface area contributed by atoms with Gasteiger partial charge in [0.2, 0.25) is 0 Å². The van der Waals surface area contributed by atoms with E-state index in [0.29, 0.717) is 0 Å². The van der Waals surface area contributed by atoms with Gasteiger partial charge in [0, 0.05) is 31.9 Å². The highest BCUT2D eigenvalue weighted by atomic mass is 16.3.